The molecule has 1 saturated carbocycles. The highest BCUT2D eigenvalue weighted by Gasteiger charge is 2.29. The average Bonchev–Trinajstić information content (AvgIpc) is 2.44. The highest BCUT2D eigenvalue weighted by molar-refractivity contribution is 5.37. The van der Waals surface area contributed by atoms with Crippen LogP contribution in [0.1, 0.15) is 38.7 Å². The summed E-state index contributed by atoms with van der Waals surface area (Å²) in [5, 5.41) is 14.3. The highest BCUT2D eigenvalue weighted by Crippen LogP contribution is 2.33. The Balaban J connectivity index is 2.18. The van der Waals surface area contributed by atoms with Gasteiger partial charge < -0.3 is 5.32 Å². The topological polar surface area (TPSA) is 55.2 Å². The van der Waals surface area contributed by atoms with Gasteiger partial charge in [0.15, 0.2) is 0 Å². The zero-order chi connectivity index (χ0) is 15.4. The van der Waals surface area contributed by atoms with Crippen molar-refractivity contribution >= 4 is 5.69 Å². The quantitative estimate of drug-likeness (QED) is 0.665. The van der Waals surface area contributed by atoms with Crippen LogP contribution in [0.2, 0.25) is 0 Å². The molecule has 3 atom stereocenters. The van der Waals surface area contributed by atoms with E-state index in [1.165, 1.54) is 12.5 Å². The van der Waals surface area contributed by atoms with Gasteiger partial charge in [-0.1, -0.05) is 26.0 Å². The minimum atomic E-state index is -0.670. The molecule has 1 N–H and O–H groups in total. The van der Waals surface area contributed by atoms with E-state index in [0.717, 1.165) is 19.4 Å². The summed E-state index contributed by atoms with van der Waals surface area (Å²) in [7, 11) is 0. The lowest BCUT2D eigenvalue weighted by atomic mass is 9.76. The molecule has 0 saturated heterocycles. The third kappa shape index (κ3) is 3.79. The van der Waals surface area contributed by atoms with Gasteiger partial charge in [-0.2, -0.15) is 4.39 Å². The first-order chi connectivity index (χ1) is 10.0. The lowest BCUT2D eigenvalue weighted by molar-refractivity contribution is -0.387. The van der Waals surface area contributed by atoms with Crippen LogP contribution in [0.15, 0.2) is 18.2 Å². The average molecular weight is 294 g/mol. The standard InChI is InChI=1S/C16H23FN2O2/c1-3-18-14-8-7-11(2)9-13(14)10-12-5-4-6-15(16(12)17)19(20)21/h4-6,11,13-14,18H,3,7-10H2,1-2H3. The van der Waals surface area contributed by atoms with Gasteiger partial charge in [-0.3, -0.25) is 10.1 Å². The van der Waals surface area contributed by atoms with Crippen molar-refractivity contribution in [1.82, 2.24) is 5.32 Å². The molecular formula is C16H23FN2O2. The number of rotatable bonds is 5. The van der Waals surface area contributed by atoms with Crippen LogP contribution in [0.25, 0.3) is 0 Å². The van der Waals surface area contributed by atoms with E-state index < -0.39 is 16.4 Å². The van der Waals surface area contributed by atoms with Crippen molar-refractivity contribution in [2.45, 2.75) is 45.6 Å². The van der Waals surface area contributed by atoms with Crippen molar-refractivity contribution in [1.29, 1.82) is 0 Å². The molecule has 1 aromatic rings. The third-order valence-electron chi connectivity index (χ3n) is 4.45. The molecule has 4 nitrogen and oxygen atoms in total. The van der Waals surface area contributed by atoms with Crippen molar-refractivity contribution < 1.29 is 9.31 Å². The van der Waals surface area contributed by atoms with Crippen LogP contribution in [0.5, 0.6) is 0 Å². The number of halogens is 1. The molecule has 3 unspecified atom stereocenters. The second-order valence-corrected chi connectivity index (χ2v) is 6.05. The van der Waals surface area contributed by atoms with Crippen LogP contribution in [0.3, 0.4) is 0 Å². The molecule has 0 aromatic heterocycles. The van der Waals surface area contributed by atoms with E-state index in [0.29, 0.717) is 29.9 Å². The summed E-state index contributed by atoms with van der Waals surface area (Å²) in [4.78, 5) is 10.2. The van der Waals surface area contributed by atoms with E-state index in [-0.39, 0.29) is 0 Å². The molecule has 21 heavy (non-hydrogen) atoms. The van der Waals surface area contributed by atoms with Crippen molar-refractivity contribution in [2.75, 3.05) is 6.54 Å². The second kappa shape index (κ2) is 6.98. The molecule has 2 rings (SSSR count). The summed E-state index contributed by atoms with van der Waals surface area (Å²) in [6.07, 6.45) is 3.89. The molecular weight excluding hydrogens is 271 g/mol. The predicted molar refractivity (Wildman–Crippen MR) is 80.7 cm³/mol. The summed E-state index contributed by atoms with van der Waals surface area (Å²) < 4.78 is 14.2. The van der Waals surface area contributed by atoms with E-state index in [2.05, 4.69) is 19.2 Å². The van der Waals surface area contributed by atoms with Crippen LogP contribution >= 0.6 is 0 Å². The molecule has 1 aliphatic rings. The number of hydrogen-bond donors (Lipinski definition) is 1. The molecule has 0 aliphatic heterocycles. The fourth-order valence-corrected chi connectivity index (χ4v) is 3.40. The maximum absolute atomic E-state index is 14.2. The van der Waals surface area contributed by atoms with Gasteiger partial charge in [-0.15, -0.1) is 0 Å². The Hall–Kier alpha value is -1.49. The number of nitro benzene ring substituents is 1. The summed E-state index contributed by atoms with van der Waals surface area (Å²) in [5.41, 5.74) is 0.0440. The first-order valence-electron chi connectivity index (χ1n) is 7.68. The molecule has 0 bridgehead atoms. The van der Waals surface area contributed by atoms with Crippen LogP contribution in [-0.2, 0) is 6.42 Å². The Kier molecular flexibility index (Phi) is 5.28. The first-order valence-corrected chi connectivity index (χ1v) is 7.68. The van der Waals surface area contributed by atoms with Crippen LogP contribution in [-0.4, -0.2) is 17.5 Å². The molecule has 0 radical (unpaired) electrons. The van der Waals surface area contributed by atoms with Crippen molar-refractivity contribution in [2.24, 2.45) is 11.8 Å². The Bertz CT molecular complexity index is 507. The minimum absolute atomic E-state index is 0.338. The molecule has 1 aromatic carbocycles. The Morgan fingerprint density at radius 1 is 1.43 bits per heavy atom. The van der Waals surface area contributed by atoms with Gasteiger partial charge >= 0.3 is 5.69 Å². The van der Waals surface area contributed by atoms with Crippen LogP contribution in [0, 0.1) is 27.8 Å². The summed E-state index contributed by atoms with van der Waals surface area (Å²) in [6, 6.07) is 4.85. The normalized spacial score (nSPS) is 25.8. The van der Waals surface area contributed by atoms with Gasteiger partial charge in [0.05, 0.1) is 4.92 Å². The molecule has 1 aliphatic carbocycles. The van der Waals surface area contributed by atoms with E-state index >= 15 is 0 Å². The Morgan fingerprint density at radius 3 is 2.86 bits per heavy atom. The fourth-order valence-electron chi connectivity index (χ4n) is 3.40. The largest absolute Gasteiger partial charge is 0.314 e. The smallest absolute Gasteiger partial charge is 0.305 e. The zero-order valence-electron chi connectivity index (χ0n) is 12.6. The van der Waals surface area contributed by atoms with Gasteiger partial charge in [-0.05, 0) is 49.6 Å². The van der Waals surface area contributed by atoms with Crippen molar-refractivity contribution in [3.63, 3.8) is 0 Å². The third-order valence-corrected chi connectivity index (χ3v) is 4.45. The first kappa shape index (κ1) is 15.9. The summed E-state index contributed by atoms with van der Waals surface area (Å²) >= 11 is 0. The van der Waals surface area contributed by atoms with Gasteiger partial charge in [-0.25, -0.2) is 0 Å². The highest BCUT2D eigenvalue weighted by atomic mass is 19.1. The van der Waals surface area contributed by atoms with Gasteiger partial charge in [0.2, 0.25) is 5.82 Å². The number of nitrogens with one attached hydrogen (secondary N) is 1. The molecule has 0 spiro atoms. The summed E-state index contributed by atoms with van der Waals surface area (Å²) in [5.74, 6) is 0.299. The molecule has 1 fully saturated rings. The molecule has 116 valence electrons. The van der Waals surface area contributed by atoms with E-state index in [1.54, 1.807) is 12.1 Å². The predicted octanol–water partition coefficient (Wildman–Crippen LogP) is 3.69. The van der Waals surface area contributed by atoms with Gasteiger partial charge in [0, 0.05) is 12.1 Å². The number of benzene rings is 1. The lowest BCUT2D eigenvalue weighted by Gasteiger charge is -2.35. The second-order valence-electron chi connectivity index (χ2n) is 6.05. The maximum atomic E-state index is 14.2. The Morgan fingerprint density at radius 2 is 2.19 bits per heavy atom. The summed E-state index contributed by atoms with van der Waals surface area (Å²) in [6.45, 7) is 5.19. The number of nitro groups is 1. The zero-order valence-corrected chi connectivity index (χ0v) is 12.6. The number of hydrogen-bond acceptors (Lipinski definition) is 3. The maximum Gasteiger partial charge on any atom is 0.305 e. The van der Waals surface area contributed by atoms with E-state index in [4.69, 9.17) is 0 Å². The van der Waals surface area contributed by atoms with Crippen LogP contribution in [0.4, 0.5) is 10.1 Å². The minimum Gasteiger partial charge on any atom is -0.314 e. The van der Waals surface area contributed by atoms with Crippen molar-refractivity contribution in [3.05, 3.63) is 39.7 Å². The monoisotopic (exact) mass is 294 g/mol. The molecule has 0 amide bonds. The SMILES string of the molecule is CCNC1CCC(C)CC1Cc1cccc([N+](=O)[O-])c1F. The molecule has 5 heteroatoms. The Labute approximate surface area is 124 Å². The lowest BCUT2D eigenvalue weighted by Crippen LogP contribution is -2.41. The van der Waals surface area contributed by atoms with E-state index in [1.807, 2.05) is 0 Å². The van der Waals surface area contributed by atoms with Gasteiger partial charge in [0.1, 0.15) is 0 Å². The fraction of sp³-hybridized carbons (Fsp3) is 0.625. The van der Waals surface area contributed by atoms with Gasteiger partial charge in [0.25, 0.3) is 0 Å². The number of nitrogens with zero attached hydrogens (tertiary/aromatic N) is 1. The molecule has 0 heterocycles. The van der Waals surface area contributed by atoms with E-state index in [9.17, 15) is 14.5 Å². The van der Waals surface area contributed by atoms with Crippen molar-refractivity contribution in [3.8, 4) is 0 Å². The van der Waals surface area contributed by atoms with Crippen LogP contribution < -0.4 is 5.32 Å².